The lowest BCUT2D eigenvalue weighted by Crippen LogP contribution is -2.37. The van der Waals surface area contributed by atoms with E-state index in [1.807, 2.05) is 81.5 Å². The minimum atomic E-state index is -1.19. The van der Waals surface area contributed by atoms with Gasteiger partial charge < -0.3 is 9.47 Å². The normalized spacial score (nSPS) is 21.4. The highest BCUT2D eigenvalue weighted by Gasteiger charge is 2.50. The van der Waals surface area contributed by atoms with Crippen molar-refractivity contribution in [3.05, 3.63) is 81.9 Å². The molecule has 0 amide bonds. The summed E-state index contributed by atoms with van der Waals surface area (Å²) in [4.78, 5) is 25.5. The van der Waals surface area contributed by atoms with Crippen molar-refractivity contribution in [2.45, 2.75) is 44.8 Å². The fourth-order valence-electron chi connectivity index (χ4n) is 3.33. The molecular formula is C23H23BrO4. The molecule has 1 aromatic rings. The van der Waals surface area contributed by atoms with Gasteiger partial charge in [0.1, 0.15) is 5.60 Å². The van der Waals surface area contributed by atoms with Crippen molar-refractivity contribution in [2.75, 3.05) is 0 Å². The smallest absolute Gasteiger partial charge is 0.339 e. The monoisotopic (exact) mass is 442 g/mol. The van der Waals surface area contributed by atoms with E-state index < -0.39 is 17.2 Å². The van der Waals surface area contributed by atoms with Gasteiger partial charge in [0.2, 0.25) is 0 Å². The van der Waals surface area contributed by atoms with Crippen molar-refractivity contribution in [1.29, 1.82) is 0 Å². The van der Waals surface area contributed by atoms with Crippen LogP contribution in [0.25, 0.3) is 0 Å². The molecule has 3 rings (SSSR count). The number of rotatable bonds is 3. The number of carbonyl (C=O) groups is 2. The Labute approximate surface area is 173 Å². The topological polar surface area (TPSA) is 52.6 Å². The molecule has 0 unspecified atom stereocenters. The lowest BCUT2D eigenvalue weighted by molar-refractivity contribution is -0.156. The van der Waals surface area contributed by atoms with Crippen LogP contribution in [0.4, 0.5) is 0 Å². The first-order chi connectivity index (χ1) is 13.2. The van der Waals surface area contributed by atoms with Crippen LogP contribution in [0.15, 0.2) is 76.3 Å². The molecule has 1 atom stereocenters. The molecule has 1 aliphatic carbocycles. The second-order valence-corrected chi connectivity index (χ2v) is 8.66. The van der Waals surface area contributed by atoms with E-state index in [1.165, 1.54) is 0 Å². The lowest BCUT2D eigenvalue weighted by atomic mass is 9.80. The summed E-state index contributed by atoms with van der Waals surface area (Å²) < 4.78 is 12.5. The zero-order valence-electron chi connectivity index (χ0n) is 16.2. The van der Waals surface area contributed by atoms with Crippen LogP contribution in [0.1, 0.15) is 39.2 Å². The minimum Gasteiger partial charge on any atom is -0.456 e. The first-order valence-electron chi connectivity index (χ1n) is 9.19. The quantitative estimate of drug-likeness (QED) is 0.470. The van der Waals surface area contributed by atoms with Gasteiger partial charge in [-0.2, -0.15) is 0 Å². The SMILES string of the molecule is CC(C)(C)OC(=O)C(=C1C=CC=CC=C1)[C@]1(c2ccc(Br)cc2)CCC(=O)O1. The average Bonchev–Trinajstić information content (AvgIpc) is 2.81. The maximum absolute atomic E-state index is 13.3. The third-order valence-corrected chi connectivity index (χ3v) is 4.99. The van der Waals surface area contributed by atoms with Crippen molar-refractivity contribution >= 4 is 27.9 Å². The number of cyclic esters (lactones) is 1. The van der Waals surface area contributed by atoms with Crippen molar-refractivity contribution in [1.82, 2.24) is 0 Å². The molecule has 0 spiro atoms. The predicted octanol–water partition coefficient (Wildman–Crippen LogP) is 5.30. The molecule has 0 radical (unpaired) electrons. The number of halogens is 1. The standard InChI is InChI=1S/C23H23BrO4/c1-22(2,3)28-21(26)20(16-8-6-4-5-7-9-16)23(15-14-19(25)27-23)17-10-12-18(24)13-11-17/h4-13H,14-15H2,1-3H3/t23-/m1/s1. The van der Waals surface area contributed by atoms with E-state index in [0.717, 1.165) is 10.0 Å². The fraction of sp³-hybridized carbons (Fsp3) is 0.304. The second kappa shape index (κ2) is 7.92. The Morgan fingerprint density at radius 2 is 1.68 bits per heavy atom. The van der Waals surface area contributed by atoms with E-state index >= 15 is 0 Å². The number of benzene rings is 1. The van der Waals surface area contributed by atoms with Gasteiger partial charge in [-0.05, 0) is 38.5 Å². The van der Waals surface area contributed by atoms with E-state index in [9.17, 15) is 9.59 Å². The van der Waals surface area contributed by atoms with E-state index in [0.29, 0.717) is 17.6 Å². The maximum atomic E-state index is 13.3. The predicted molar refractivity (Wildman–Crippen MR) is 111 cm³/mol. The molecule has 0 aromatic heterocycles. The van der Waals surface area contributed by atoms with Crippen molar-refractivity contribution in [2.24, 2.45) is 0 Å². The first kappa shape index (κ1) is 20.3. The molecule has 0 bridgehead atoms. The lowest BCUT2D eigenvalue weighted by Gasteiger charge is -2.33. The minimum absolute atomic E-state index is 0.237. The van der Waals surface area contributed by atoms with Gasteiger partial charge in [0.05, 0.1) is 12.0 Å². The van der Waals surface area contributed by atoms with Gasteiger partial charge in [0.15, 0.2) is 5.60 Å². The third kappa shape index (κ3) is 4.36. The molecule has 146 valence electrons. The maximum Gasteiger partial charge on any atom is 0.339 e. The van der Waals surface area contributed by atoms with Crippen molar-refractivity contribution in [3.8, 4) is 0 Å². The summed E-state index contributed by atoms with van der Waals surface area (Å²) in [6, 6.07) is 7.49. The number of esters is 2. The number of hydrogen-bond acceptors (Lipinski definition) is 4. The summed E-state index contributed by atoms with van der Waals surface area (Å²) in [6.45, 7) is 5.46. The Balaban J connectivity index is 2.23. The van der Waals surface area contributed by atoms with Crippen molar-refractivity contribution < 1.29 is 19.1 Å². The Bertz CT molecular complexity index is 880. The highest BCUT2D eigenvalue weighted by atomic mass is 79.9. The summed E-state index contributed by atoms with van der Waals surface area (Å²) in [5.41, 5.74) is -0.116. The van der Waals surface area contributed by atoms with Crippen LogP contribution >= 0.6 is 15.9 Å². The van der Waals surface area contributed by atoms with E-state index in [2.05, 4.69) is 15.9 Å². The van der Waals surface area contributed by atoms with Crippen LogP contribution < -0.4 is 0 Å². The highest BCUT2D eigenvalue weighted by molar-refractivity contribution is 9.10. The number of hydrogen-bond donors (Lipinski definition) is 0. The van der Waals surface area contributed by atoms with Gasteiger partial charge in [-0.1, -0.05) is 64.5 Å². The Morgan fingerprint density at radius 3 is 2.18 bits per heavy atom. The summed E-state index contributed by atoms with van der Waals surface area (Å²) in [5, 5.41) is 0. The molecule has 4 nitrogen and oxygen atoms in total. The van der Waals surface area contributed by atoms with Gasteiger partial charge in [-0.15, -0.1) is 0 Å². The average molecular weight is 443 g/mol. The second-order valence-electron chi connectivity index (χ2n) is 7.74. The van der Waals surface area contributed by atoms with Gasteiger partial charge in [-0.3, -0.25) is 4.79 Å². The summed E-state index contributed by atoms with van der Waals surface area (Å²) >= 11 is 3.43. The van der Waals surface area contributed by atoms with Gasteiger partial charge in [0.25, 0.3) is 0 Å². The van der Waals surface area contributed by atoms with E-state index in [1.54, 1.807) is 0 Å². The number of allylic oxidation sites excluding steroid dienone is 7. The fourth-order valence-corrected chi connectivity index (χ4v) is 3.60. The van der Waals surface area contributed by atoms with Crippen LogP contribution in [0.5, 0.6) is 0 Å². The molecule has 1 heterocycles. The van der Waals surface area contributed by atoms with Crippen LogP contribution in [-0.2, 0) is 24.7 Å². The Morgan fingerprint density at radius 1 is 1.07 bits per heavy atom. The van der Waals surface area contributed by atoms with Crippen LogP contribution in [0, 0.1) is 0 Å². The van der Waals surface area contributed by atoms with Gasteiger partial charge in [-0.25, -0.2) is 4.79 Å². The zero-order chi connectivity index (χ0) is 20.4. The summed E-state index contributed by atoms with van der Waals surface area (Å²) in [5.74, 6) is -0.819. The molecule has 2 aliphatic rings. The summed E-state index contributed by atoms with van der Waals surface area (Å²) in [7, 11) is 0. The van der Waals surface area contributed by atoms with Crippen LogP contribution in [0.2, 0.25) is 0 Å². The molecular weight excluding hydrogens is 420 g/mol. The molecule has 28 heavy (non-hydrogen) atoms. The largest absolute Gasteiger partial charge is 0.456 e. The van der Waals surface area contributed by atoms with Crippen LogP contribution in [-0.4, -0.2) is 17.5 Å². The molecule has 5 heteroatoms. The highest BCUT2D eigenvalue weighted by Crippen LogP contribution is 2.46. The third-order valence-electron chi connectivity index (χ3n) is 4.46. The van der Waals surface area contributed by atoms with Gasteiger partial charge in [0, 0.05) is 16.5 Å². The molecule has 1 saturated heterocycles. The first-order valence-corrected chi connectivity index (χ1v) is 9.98. The Hall–Kier alpha value is -2.40. The van der Waals surface area contributed by atoms with E-state index in [-0.39, 0.29) is 12.4 Å². The Kier molecular flexibility index (Phi) is 5.75. The summed E-state index contributed by atoms with van der Waals surface area (Å²) in [6.07, 6.45) is 11.8. The number of ether oxygens (including phenoxy) is 2. The molecule has 1 aliphatic heterocycles. The van der Waals surface area contributed by atoms with Gasteiger partial charge >= 0.3 is 11.9 Å². The molecule has 0 saturated carbocycles. The molecule has 1 fully saturated rings. The number of carbonyl (C=O) groups excluding carboxylic acids is 2. The van der Waals surface area contributed by atoms with E-state index in [4.69, 9.17) is 9.47 Å². The molecule has 0 N–H and O–H groups in total. The zero-order valence-corrected chi connectivity index (χ0v) is 17.8. The van der Waals surface area contributed by atoms with Crippen LogP contribution in [0.3, 0.4) is 0 Å². The molecule has 1 aromatic carbocycles. The van der Waals surface area contributed by atoms with Crippen molar-refractivity contribution in [3.63, 3.8) is 0 Å².